The quantitative estimate of drug-likeness (QED) is 0.499. The summed E-state index contributed by atoms with van der Waals surface area (Å²) in [5.41, 5.74) is 1.63. The standard InChI is InChI=1S/C20H25F2N3O3/c1-4-23-20(25-15-8-9-17(26-2)18(11-15)27-3)24-12-14-6-5-7-16(10-14)28-13-19(21)22/h5-11,19H,4,12-13H2,1-3H3,(H2,23,24,25). The Morgan fingerprint density at radius 1 is 1.07 bits per heavy atom. The van der Waals surface area contributed by atoms with Crippen molar-refractivity contribution < 1.29 is 23.0 Å². The third-order valence-corrected chi connectivity index (χ3v) is 3.68. The predicted molar refractivity (Wildman–Crippen MR) is 106 cm³/mol. The van der Waals surface area contributed by atoms with Gasteiger partial charge in [0, 0.05) is 18.3 Å². The summed E-state index contributed by atoms with van der Waals surface area (Å²) in [5, 5.41) is 6.36. The number of alkyl halides is 2. The summed E-state index contributed by atoms with van der Waals surface area (Å²) in [6.45, 7) is 2.37. The highest BCUT2D eigenvalue weighted by Crippen LogP contribution is 2.29. The van der Waals surface area contributed by atoms with E-state index in [1.165, 1.54) is 0 Å². The van der Waals surface area contributed by atoms with Crippen LogP contribution in [0.25, 0.3) is 0 Å². The summed E-state index contributed by atoms with van der Waals surface area (Å²) in [5.74, 6) is 2.21. The highest BCUT2D eigenvalue weighted by Gasteiger charge is 2.07. The van der Waals surface area contributed by atoms with Crippen LogP contribution < -0.4 is 24.8 Å². The van der Waals surface area contributed by atoms with E-state index in [1.807, 2.05) is 25.1 Å². The first kappa shape index (κ1) is 21.3. The van der Waals surface area contributed by atoms with Crippen molar-refractivity contribution in [3.05, 3.63) is 48.0 Å². The molecule has 0 saturated carbocycles. The van der Waals surface area contributed by atoms with Gasteiger partial charge in [0.2, 0.25) is 0 Å². The molecular weight excluding hydrogens is 368 g/mol. The van der Waals surface area contributed by atoms with Crippen molar-refractivity contribution in [2.45, 2.75) is 19.9 Å². The van der Waals surface area contributed by atoms with Gasteiger partial charge in [-0.05, 0) is 36.8 Å². The van der Waals surface area contributed by atoms with Crippen LogP contribution in [0.2, 0.25) is 0 Å². The van der Waals surface area contributed by atoms with Crippen LogP contribution in [0.1, 0.15) is 12.5 Å². The van der Waals surface area contributed by atoms with E-state index in [4.69, 9.17) is 14.2 Å². The van der Waals surface area contributed by atoms with Crippen LogP contribution >= 0.6 is 0 Å². The molecular formula is C20H25F2N3O3. The van der Waals surface area contributed by atoms with Gasteiger partial charge in [-0.25, -0.2) is 13.8 Å². The maximum Gasteiger partial charge on any atom is 0.272 e. The van der Waals surface area contributed by atoms with E-state index in [9.17, 15) is 8.78 Å². The van der Waals surface area contributed by atoms with Crippen molar-refractivity contribution in [1.82, 2.24) is 5.32 Å². The summed E-state index contributed by atoms with van der Waals surface area (Å²) in [7, 11) is 3.15. The molecule has 2 N–H and O–H groups in total. The van der Waals surface area contributed by atoms with Gasteiger partial charge < -0.3 is 24.8 Å². The molecule has 0 heterocycles. The Bertz CT molecular complexity index is 785. The molecule has 8 heteroatoms. The Balaban J connectivity index is 2.09. The van der Waals surface area contributed by atoms with Gasteiger partial charge in [-0.3, -0.25) is 0 Å². The minimum Gasteiger partial charge on any atom is -0.493 e. The molecule has 0 atom stereocenters. The molecule has 0 aliphatic carbocycles. The fraction of sp³-hybridized carbons (Fsp3) is 0.350. The average Bonchev–Trinajstić information content (AvgIpc) is 2.71. The Morgan fingerprint density at radius 3 is 2.54 bits per heavy atom. The first-order chi connectivity index (χ1) is 13.5. The zero-order valence-corrected chi connectivity index (χ0v) is 16.2. The first-order valence-electron chi connectivity index (χ1n) is 8.83. The van der Waals surface area contributed by atoms with E-state index in [1.54, 1.807) is 38.5 Å². The number of methoxy groups -OCH3 is 2. The largest absolute Gasteiger partial charge is 0.493 e. The molecule has 0 radical (unpaired) electrons. The Hall–Kier alpha value is -3.03. The number of nitrogens with one attached hydrogen (secondary N) is 2. The van der Waals surface area contributed by atoms with E-state index in [0.29, 0.717) is 36.3 Å². The fourth-order valence-electron chi connectivity index (χ4n) is 2.42. The summed E-state index contributed by atoms with van der Waals surface area (Å²) in [4.78, 5) is 4.53. The van der Waals surface area contributed by atoms with Gasteiger partial charge in [-0.15, -0.1) is 0 Å². The lowest BCUT2D eigenvalue weighted by Crippen LogP contribution is -2.30. The highest BCUT2D eigenvalue weighted by molar-refractivity contribution is 5.93. The van der Waals surface area contributed by atoms with Crippen molar-refractivity contribution in [2.75, 3.05) is 32.7 Å². The Morgan fingerprint density at radius 2 is 1.86 bits per heavy atom. The normalized spacial score (nSPS) is 11.3. The molecule has 0 aliphatic heterocycles. The van der Waals surface area contributed by atoms with E-state index < -0.39 is 13.0 Å². The van der Waals surface area contributed by atoms with E-state index in [2.05, 4.69) is 15.6 Å². The van der Waals surface area contributed by atoms with E-state index in [0.717, 1.165) is 11.3 Å². The lowest BCUT2D eigenvalue weighted by atomic mass is 10.2. The minimum atomic E-state index is -2.51. The number of rotatable bonds is 9. The number of hydrogen-bond donors (Lipinski definition) is 2. The number of halogens is 2. The van der Waals surface area contributed by atoms with Crippen LogP contribution in [0, 0.1) is 0 Å². The van der Waals surface area contributed by atoms with Gasteiger partial charge in [0.05, 0.1) is 20.8 Å². The number of hydrogen-bond acceptors (Lipinski definition) is 4. The predicted octanol–water partition coefficient (Wildman–Crippen LogP) is 3.93. The Labute approximate surface area is 163 Å². The second kappa shape index (κ2) is 11.0. The number of ether oxygens (including phenoxy) is 3. The van der Waals surface area contributed by atoms with Gasteiger partial charge in [-0.2, -0.15) is 0 Å². The fourth-order valence-corrected chi connectivity index (χ4v) is 2.42. The topological polar surface area (TPSA) is 64.1 Å². The number of aliphatic imine (C=N–C) groups is 1. The molecule has 0 bridgehead atoms. The maximum atomic E-state index is 12.3. The molecule has 2 aromatic rings. The van der Waals surface area contributed by atoms with Crippen LogP contribution in [0.4, 0.5) is 14.5 Å². The zero-order chi connectivity index (χ0) is 20.4. The summed E-state index contributed by atoms with van der Waals surface area (Å²) in [6.07, 6.45) is -2.51. The molecule has 0 fully saturated rings. The third kappa shape index (κ3) is 6.61. The SMILES string of the molecule is CCNC(=NCc1cccc(OCC(F)F)c1)Nc1ccc(OC)c(OC)c1. The van der Waals surface area contributed by atoms with Gasteiger partial charge in [0.1, 0.15) is 12.4 Å². The molecule has 0 unspecified atom stereocenters. The zero-order valence-electron chi connectivity index (χ0n) is 16.2. The minimum absolute atomic E-state index is 0.356. The van der Waals surface area contributed by atoms with E-state index in [-0.39, 0.29) is 0 Å². The van der Waals surface area contributed by atoms with Crippen molar-refractivity contribution in [2.24, 2.45) is 4.99 Å². The van der Waals surface area contributed by atoms with Crippen molar-refractivity contribution >= 4 is 11.6 Å². The molecule has 2 aromatic carbocycles. The number of guanidine groups is 1. The summed E-state index contributed by atoms with van der Waals surface area (Å²) < 4.78 is 40.2. The summed E-state index contributed by atoms with van der Waals surface area (Å²) in [6, 6.07) is 12.4. The molecule has 0 aliphatic rings. The van der Waals surface area contributed by atoms with Crippen LogP contribution in [-0.4, -0.2) is 39.8 Å². The third-order valence-electron chi connectivity index (χ3n) is 3.68. The number of anilines is 1. The van der Waals surface area contributed by atoms with Gasteiger partial charge in [-0.1, -0.05) is 12.1 Å². The van der Waals surface area contributed by atoms with Crippen LogP contribution in [-0.2, 0) is 6.54 Å². The molecule has 152 valence electrons. The monoisotopic (exact) mass is 393 g/mol. The molecule has 0 saturated heterocycles. The smallest absolute Gasteiger partial charge is 0.272 e. The summed E-state index contributed by atoms with van der Waals surface area (Å²) >= 11 is 0. The van der Waals surface area contributed by atoms with Gasteiger partial charge in [0.25, 0.3) is 6.43 Å². The van der Waals surface area contributed by atoms with Crippen LogP contribution in [0.5, 0.6) is 17.2 Å². The first-order valence-corrected chi connectivity index (χ1v) is 8.83. The number of nitrogens with zero attached hydrogens (tertiary/aromatic N) is 1. The second-order valence-corrected chi connectivity index (χ2v) is 5.74. The molecule has 0 amide bonds. The van der Waals surface area contributed by atoms with Crippen LogP contribution in [0.3, 0.4) is 0 Å². The van der Waals surface area contributed by atoms with Crippen LogP contribution in [0.15, 0.2) is 47.5 Å². The molecule has 6 nitrogen and oxygen atoms in total. The van der Waals surface area contributed by atoms with E-state index >= 15 is 0 Å². The molecule has 0 aromatic heterocycles. The van der Waals surface area contributed by atoms with Crippen molar-refractivity contribution in [3.8, 4) is 17.2 Å². The molecule has 0 spiro atoms. The second-order valence-electron chi connectivity index (χ2n) is 5.74. The highest BCUT2D eigenvalue weighted by atomic mass is 19.3. The van der Waals surface area contributed by atoms with Crippen molar-refractivity contribution in [1.29, 1.82) is 0 Å². The lowest BCUT2D eigenvalue weighted by molar-refractivity contribution is 0.0818. The van der Waals surface area contributed by atoms with Gasteiger partial charge in [0.15, 0.2) is 17.5 Å². The molecule has 2 rings (SSSR count). The van der Waals surface area contributed by atoms with Crippen molar-refractivity contribution in [3.63, 3.8) is 0 Å². The van der Waals surface area contributed by atoms with Gasteiger partial charge >= 0.3 is 0 Å². The number of benzene rings is 2. The lowest BCUT2D eigenvalue weighted by Gasteiger charge is -2.14. The molecule has 28 heavy (non-hydrogen) atoms. The average molecular weight is 393 g/mol. The Kier molecular flexibility index (Phi) is 8.33. The maximum absolute atomic E-state index is 12.3.